The largest absolute Gasteiger partial charge is 0.290 e. The van der Waals surface area contributed by atoms with Gasteiger partial charge in [-0.3, -0.25) is 25.2 Å². The lowest BCUT2D eigenvalue weighted by atomic mass is 9.96. The Hall–Kier alpha value is -2.70. The summed E-state index contributed by atoms with van der Waals surface area (Å²) in [4.78, 5) is 36.8. The molecular formula is C17H22N4O3. The fourth-order valence-electron chi connectivity index (χ4n) is 2.08. The molecule has 7 nitrogen and oxygen atoms in total. The maximum atomic E-state index is 12.5. The van der Waals surface area contributed by atoms with Crippen molar-refractivity contribution in [2.75, 3.05) is 0 Å². The van der Waals surface area contributed by atoms with Gasteiger partial charge in [0.25, 0.3) is 11.5 Å². The van der Waals surface area contributed by atoms with Crippen LogP contribution in [0.1, 0.15) is 51.1 Å². The highest BCUT2D eigenvalue weighted by molar-refractivity contribution is 6.05. The van der Waals surface area contributed by atoms with Crippen molar-refractivity contribution in [2.45, 2.75) is 40.7 Å². The summed E-state index contributed by atoms with van der Waals surface area (Å²) < 4.78 is 1.27. The number of amides is 2. The van der Waals surface area contributed by atoms with E-state index in [1.54, 1.807) is 45.0 Å². The molecule has 24 heavy (non-hydrogen) atoms. The maximum absolute atomic E-state index is 12.5. The first-order valence-electron chi connectivity index (χ1n) is 7.75. The van der Waals surface area contributed by atoms with Crippen molar-refractivity contribution in [1.29, 1.82) is 0 Å². The zero-order chi connectivity index (χ0) is 18.1. The number of nitrogens with zero attached hydrogens (tertiary/aromatic N) is 2. The number of rotatable bonds is 2. The molecule has 2 N–H and O–H groups in total. The molecule has 2 aromatic rings. The van der Waals surface area contributed by atoms with Crippen LogP contribution in [0.5, 0.6) is 0 Å². The highest BCUT2D eigenvalue weighted by atomic mass is 16.2. The van der Waals surface area contributed by atoms with Crippen molar-refractivity contribution in [3.8, 4) is 0 Å². The number of carbonyl (C=O) groups excluding carboxylic acids is 2. The first-order chi connectivity index (χ1) is 11.1. The number of hydrazine groups is 1. The van der Waals surface area contributed by atoms with Gasteiger partial charge in [-0.25, -0.2) is 4.68 Å². The molecule has 128 valence electrons. The first kappa shape index (κ1) is 17.7. The van der Waals surface area contributed by atoms with Crippen LogP contribution in [0.15, 0.2) is 29.1 Å². The molecule has 0 aliphatic carbocycles. The second-order valence-electron chi connectivity index (χ2n) is 6.90. The Bertz CT molecular complexity index is 847. The summed E-state index contributed by atoms with van der Waals surface area (Å²) in [5, 5.41) is 5.04. The Labute approximate surface area is 140 Å². The molecule has 0 aliphatic rings. The molecule has 0 aliphatic heterocycles. The molecule has 2 rings (SSSR count). The van der Waals surface area contributed by atoms with E-state index < -0.39 is 11.3 Å². The Morgan fingerprint density at radius 3 is 2.21 bits per heavy atom. The van der Waals surface area contributed by atoms with Gasteiger partial charge in [0.05, 0.1) is 11.4 Å². The molecule has 0 unspecified atom stereocenters. The Kier molecular flexibility index (Phi) is 4.73. The number of aromatic nitrogens is 2. The maximum Gasteiger partial charge on any atom is 0.290 e. The Morgan fingerprint density at radius 2 is 1.67 bits per heavy atom. The van der Waals surface area contributed by atoms with Gasteiger partial charge in [0.15, 0.2) is 5.69 Å². The quantitative estimate of drug-likeness (QED) is 0.821. The lowest BCUT2D eigenvalue weighted by Crippen LogP contribution is -2.47. The molecule has 0 radical (unpaired) electrons. The van der Waals surface area contributed by atoms with Crippen LogP contribution in [0.4, 0.5) is 0 Å². The number of carbonyl (C=O) groups is 2. The summed E-state index contributed by atoms with van der Waals surface area (Å²) >= 11 is 0. The van der Waals surface area contributed by atoms with Crippen molar-refractivity contribution in [2.24, 2.45) is 5.41 Å². The van der Waals surface area contributed by atoms with Crippen LogP contribution < -0.4 is 16.4 Å². The van der Waals surface area contributed by atoms with Gasteiger partial charge in [-0.05, 0) is 19.9 Å². The third-order valence-electron chi connectivity index (χ3n) is 3.50. The SMILES string of the molecule is CC(C)n1nc(C(=O)NNC(=O)C(C)(C)C)c2ccccc2c1=O. The van der Waals surface area contributed by atoms with Crippen molar-refractivity contribution < 1.29 is 9.59 Å². The summed E-state index contributed by atoms with van der Waals surface area (Å²) in [5.74, 6) is -0.893. The number of hydrogen-bond donors (Lipinski definition) is 2. The van der Waals surface area contributed by atoms with Crippen molar-refractivity contribution in [1.82, 2.24) is 20.6 Å². The predicted octanol–water partition coefficient (Wildman–Crippen LogP) is 1.78. The van der Waals surface area contributed by atoms with Crippen LogP contribution in [0.3, 0.4) is 0 Å². The molecule has 0 spiro atoms. The van der Waals surface area contributed by atoms with Gasteiger partial charge >= 0.3 is 0 Å². The fraction of sp³-hybridized carbons (Fsp3) is 0.412. The van der Waals surface area contributed by atoms with Crippen LogP contribution in [-0.4, -0.2) is 21.6 Å². The summed E-state index contributed by atoms with van der Waals surface area (Å²) in [6.07, 6.45) is 0. The average molecular weight is 330 g/mol. The number of nitrogens with one attached hydrogen (secondary N) is 2. The molecule has 1 aromatic carbocycles. The van der Waals surface area contributed by atoms with E-state index in [4.69, 9.17) is 0 Å². The van der Waals surface area contributed by atoms with Crippen molar-refractivity contribution >= 4 is 22.6 Å². The minimum absolute atomic E-state index is 0.0908. The topological polar surface area (TPSA) is 93.1 Å². The van der Waals surface area contributed by atoms with Crippen molar-refractivity contribution in [3.63, 3.8) is 0 Å². The van der Waals surface area contributed by atoms with Crippen LogP contribution in [0.2, 0.25) is 0 Å². The summed E-state index contributed by atoms with van der Waals surface area (Å²) in [5.41, 5.74) is 3.95. The lowest BCUT2D eigenvalue weighted by Gasteiger charge is -2.18. The highest BCUT2D eigenvalue weighted by Gasteiger charge is 2.23. The zero-order valence-corrected chi connectivity index (χ0v) is 14.5. The molecule has 0 atom stereocenters. The highest BCUT2D eigenvalue weighted by Crippen LogP contribution is 2.15. The van der Waals surface area contributed by atoms with Gasteiger partial charge in [-0.2, -0.15) is 5.10 Å². The third kappa shape index (κ3) is 3.45. The van der Waals surface area contributed by atoms with Gasteiger partial charge < -0.3 is 0 Å². The van der Waals surface area contributed by atoms with Gasteiger partial charge in [0.2, 0.25) is 5.91 Å². The van der Waals surface area contributed by atoms with E-state index in [-0.39, 0.29) is 23.2 Å². The number of fused-ring (bicyclic) bond motifs is 1. The predicted molar refractivity (Wildman–Crippen MR) is 91.5 cm³/mol. The smallest absolute Gasteiger partial charge is 0.273 e. The molecule has 0 fully saturated rings. The van der Waals surface area contributed by atoms with Gasteiger partial charge in [-0.15, -0.1) is 0 Å². The van der Waals surface area contributed by atoms with E-state index in [1.165, 1.54) is 4.68 Å². The number of benzene rings is 1. The second-order valence-corrected chi connectivity index (χ2v) is 6.90. The fourth-order valence-corrected chi connectivity index (χ4v) is 2.08. The van der Waals surface area contributed by atoms with E-state index in [9.17, 15) is 14.4 Å². The Morgan fingerprint density at radius 1 is 1.08 bits per heavy atom. The van der Waals surface area contributed by atoms with Gasteiger partial charge in [0, 0.05) is 10.8 Å². The lowest BCUT2D eigenvalue weighted by molar-refractivity contribution is -0.129. The van der Waals surface area contributed by atoms with Crippen LogP contribution in [-0.2, 0) is 4.79 Å². The molecule has 1 heterocycles. The van der Waals surface area contributed by atoms with Crippen LogP contribution in [0, 0.1) is 5.41 Å². The zero-order valence-electron chi connectivity index (χ0n) is 14.5. The van der Waals surface area contributed by atoms with E-state index in [0.29, 0.717) is 10.8 Å². The summed E-state index contributed by atoms with van der Waals surface area (Å²) in [7, 11) is 0. The van der Waals surface area contributed by atoms with Crippen molar-refractivity contribution in [3.05, 3.63) is 40.3 Å². The minimum Gasteiger partial charge on any atom is -0.273 e. The molecule has 1 aromatic heterocycles. The van der Waals surface area contributed by atoms with Crippen LogP contribution in [0.25, 0.3) is 10.8 Å². The molecular weight excluding hydrogens is 308 g/mol. The number of hydrogen-bond acceptors (Lipinski definition) is 4. The van der Waals surface area contributed by atoms with E-state index in [0.717, 1.165) is 0 Å². The minimum atomic E-state index is -0.639. The molecule has 2 amide bonds. The normalized spacial score (nSPS) is 11.6. The first-order valence-corrected chi connectivity index (χ1v) is 7.75. The summed E-state index contributed by atoms with van der Waals surface area (Å²) in [6.45, 7) is 8.84. The van der Waals surface area contributed by atoms with Gasteiger partial charge in [-0.1, -0.05) is 39.0 Å². The monoisotopic (exact) mass is 330 g/mol. The Balaban J connectivity index is 2.44. The molecule has 0 bridgehead atoms. The summed E-state index contributed by atoms with van der Waals surface area (Å²) in [6, 6.07) is 6.58. The third-order valence-corrected chi connectivity index (χ3v) is 3.50. The van der Waals surface area contributed by atoms with E-state index >= 15 is 0 Å². The second kappa shape index (κ2) is 6.43. The van der Waals surface area contributed by atoms with E-state index in [1.807, 2.05) is 13.8 Å². The molecule has 0 saturated heterocycles. The standard InChI is InChI=1S/C17H22N4O3/c1-10(2)21-15(23)12-9-7-6-8-11(12)13(20-21)14(22)18-19-16(24)17(3,4)5/h6-10H,1-5H3,(H,18,22)(H,19,24). The molecule has 7 heteroatoms. The van der Waals surface area contributed by atoms with Crippen LogP contribution >= 0.6 is 0 Å². The van der Waals surface area contributed by atoms with Gasteiger partial charge in [0.1, 0.15) is 0 Å². The molecule has 0 saturated carbocycles. The average Bonchev–Trinajstić information content (AvgIpc) is 2.51. The van der Waals surface area contributed by atoms with E-state index in [2.05, 4.69) is 16.0 Å².